The molecule has 0 aliphatic heterocycles. The van der Waals surface area contributed by atoms with Crippen LogP contribution in [0.1, 0.15) is 18.6 Å². The summed E-state index contributed by atoms with van der Waals surface area (Å²) in [6.07, 6.45) is 2.79. The maximum Gasteiger partial charge on any atom is 0.230 e. The molecule has 0 aliphatic rings. The first kappa shape index (κ1) is 15.5. The number of methoxy groups -OCH3 is 1. The van der Waals surface area contributed by atoms with Gasteiger partial charge >= 0.3 is 0 Å². The standard InChI is InChI=1S/C15H18N2O3S/c1-11(20-2)12-4-6-13(7-5-12)14-8-9-15(16-10-14)17-21(3,18)19/h4-11H,1-3H3,(H,16,17). The van der Waals surface area contributed by atoms with Crippen LogP contribution in [0.4, 0.5) is 5.82 Å². The monoisotopic (exact) mass is 306 g/mol. The number of sulfonamides is 1. The smallest absolute Gasteiger partial charge is 0.230 e. The number of aromatic nitrogens is 1. The minimum absolute atomic E-state index is 0.0542. The molecule has 1 unspecified atom stereocenters. The lowest BCUT2D eigenvalue weighted by Gasteiger charge is -2.10. The van der Waals surface area contributed by atoms with Gasteiger partial charge in [-0.15, -0.1) is 0 Å². The Labute approximate surface area is 125 Å². The molecule has 1 atom stereocenters. The summed E-state index contributed by atoms with van der Waals surface area (Å²) in [5, 5.41) is 0. The molecule has 0 saturated carbocycles. The molecule has 0 fully saturated rings. The first-order chi connectivity index (χ1) is 9.89. The fourth-order valence-electron chi connectivity index (χ4n) is 1.90. The van der Waals surface area contributed by atoms with Gasteiger partial charge in [-0.2, -0.15) is 0 Å². The zero-order valence-electron chi connectivity index (χ0n) is 12.2. The summed E-state index contributed by atoms with van der Waals surface area (Å²) in [6.45, 7) is 1.99. The van der Waals surface area contributed by atoms with Gasteiger partial charge in [-0.25, -0.2) is 13.4 Å². The second-order valence-electron chi connectivity index (χ2n) is 4.81. The highest BCUT2D eigenvalue weighted by Crippen LogP contribution is 2.23. The van der Waals surface area contributed by atoms with Crippen molar-refractivity contribution in [2.75, 3.05) is 18.1 Å². The first-order valence-electron chi connectivity index (χ1n) is 6.46. The highest BCUT2D eigenvalue weighted by Gasteiger charge is 2.06. The third kappa shape index (κ3) is 4.27. The number of benzene rings is 1. The van der Waals surface area contributed by atoms with Gasteiger partial charge in [0.2, 0.25) is 10.0 Å². The van der Waals surface area contributed by atoms with Gasteiger partial charge in [0.05, 0.1) is 12.4 Å². The van der Waals surface area contributed by atoms with Crippen LogP contribution in [-0.2, 0) is 14.8 Å². The fraction of sp³-hybridized carbons (Fsp3) is 0.267. The quantitative estimate of drug-likeness (QED) is 0.922. The number of hydrogen-bond donors (Lipinski definition) is 1. The lowest BCUT2D eigenvalue weighted by Crippen LogP contribution is -2.10. The third-order valence-electron chi connectivity index (χ3n) is 3.12. The van der Waals surface area contributed by atoms with E-state index < -0.39 is 10.0 Å². The van der Waals surface area contributed by atoms with Gasteiger partial charge in [0.15, 0.2) is 0 Å². The molecule has 1 aromatic carbocycles. The molecule has 0 radical (unpaired) electrons. The minimum Gasteiger partial charge on any atom is -0.377 e. The van der Waals surface area contributed by atoms with Crippen molar-refractivity contribution in [3.05, 3.63) is 48.2 Å². The summed E-state index contributed by atoms with van der Waals surface area (Å²) in [4.78, 5) is 4.10. The van der Waals surface area contributed by atoms with Crippen molar-refractivity contribution in [3.8, 4) is 11.1 Å². The molecule has 0 spiro atoms. The second kappa shape index (κ2) is 6.24. The van der Waals surface area contributed by atoms with Crippen molar-refractivity contribution in [1.82, 2.24) is 4.98 Å². The molecule has 1 aromatic heterocycles. The molecule has 1 N–H and O–H groups in total. The minimum atomic E-state index is -3.30. The van der Waals surface area contributed by atoms with E-state index >= 15 is 0 Å². The predicted octanol–water partition coefficient (Wildman–Crippen LogP) is 2.83. The molecule has 1 heterocycles. The zero-order chi connectivity index (χ0) is 15.5. The Bertz CT molecular complexity index is 695. The summed E-state index contributed by atoms with van der Waals surface area (Å²) >= 11 is 0. The number of pyridine rings is 1. The van der Waals surface area contributed by atoms with Crippen LogP contribution in [0.15, 0.2) is 42.6 Å². The van der Waals surface area contributed by atoms with E-state index in [-0.39, 0.29) is 6.10 Å². The fourth-order valence-corrected chi connectivity index (χ4v) is 2.40. The van der Waals surface area contributed by atoms with Crippen LogP contribution in [0.3, 0.4) is 0 Å². The van der Waals surface area contributed by atoms with Crippen LogP contribution >= 0.6 is 0 Å². The number of hydrogen-bond acceptors (Lipinski definition) is 4. The molecule has 6 heteroatoms. The topological polar surface area (TPSA) is 68.3 Å². The summed E-state index contributed by atoms with van der Waals surface area (Å²) in [6, 6.07) is 11.5. The Kier molecular flexibility index (Phi) is 4.59. The first-order valence-corrected chi connectivity index (χ1v) is 8.35. The van der Waals surface area contributed by atoms with E-state index in [1.54, 1.807) is 19.4 Å². The lowest BCUT2D eigenvalue weighted by molar-refractivity contribution is 0.119. The molecule has 2 aromatic rings. The van der Waals surface area contributed by atoms with E-state index in [9.17, 15) is 8.42 Å². The van der Waals surface area contributed by atoms with Gasteiger partial charge in [-0.3, -0.25) is 4.72 Å². The molecular formula is C15H18N2O3S. The van der Waals surface area contributed by atoms with E-state index in [0.29, 0.717) is 5.82 Å². The molecule has 21 heavy (non-hydrogen) atoms. The molecule has 112 valence electrons. The maximum absolute atomic E-state index is 11.1. The van der Waals surface area contributed by atoms with Crippen LogP contribution in [0, 0.1) is 0 Å². The molecular weight excluding hydrogens is 288 g/mol. The van der Waals surface area contributed by atoms with Gasteiger partial charge in [0.1, 0.15) is 5.82 Å². The number of nitrogens with one attached hydrogen (secondary N) is 1. The van der Waals surface area contributed by atoms with Crippen molar-refractivity contribution in [2.45, 2.75) is 13.0 Å². The van der Waals surface area contributed by atoms with E-state index in [4.69, 9.17) is 4.74 Å². The molecule has 0 saturated heterocycles. The predicted molar refractivity (Wildman–Crippen MR) is 83.6 cm³/mol. The summed E-state index contributed by atoms with van der Waals surface area (Å²) in [5.74, 6) is 0.311. The number of ether oxygens (including phenoxy) is 1. The summed E-state index contributed by atoms with van der Waals surface area (Å²) < 4.78 is 29.8. The Balaban J connectivity index is 2.19. The highest BCUT2D eigenvalue weighted by atomic mass is 32.2. The van der Waals surface area contributed by atoms with Gasteiger partial charge in [0, 0.05) is 18.9 Å². The summed E-state index contributed by atoms with van der Waals surface area (Å²) in [7, 11) is -1.62. The number of nitrogens with zero attached hydrogens (tertiary/aromatic N) is 1. The maximum atomic E-state index is 11.1. The van der Waals surface area contributed by atoms with Crippen molar-refractivity contribution < 1.29 is 13.2 Å². The van der Waals surface area contributed by atoms with Crippen molar-refractivity contribution >= 4 is 15.8 Å². The Morgan fingerprint density at radius 3 is 2.19 bits per heavy atom. The Hall–Kier alpha value is -1.92. The second-order valence-corrected chi connectivity index (χ2v) is 6.55. The van der Waals surface area contributed by atoms with E-state index in [1.807, 2.05) is 37.3 Å². The van der Waals surface area contributed by atoms with Crippen molar-refractivity contribution in [1.29, 1.82) is 0 Å². The van der Waals surface area contributed by atoms with Crippen molar-refractivity contribution in [3.63, 3.8) is 0 Å². The third-order valence-corrected chi connectivity index (χ3v) is 3.70. The molecule has 0 amide bonds. The largest absolute Gasteiger partial charge is 0.377 e. The van der Waals surface area contributed by atoms with E-state index in [1.165, 1.54) is 0 Å². The average Bonchev–Trinajstić information content (AvgIpc) is 2.46. The summed E-state index contributed by atoms with van der Waals surface area (Å²) in [5.41, 5.74) is 3.04. The lowest BCUT2D eigenvalue weighted by atomic mass is 10.0. The molecule has 0 bridgehead atoms. The van der Waals surface area contributed by atoms with Gasteiger partial charge in [-0.1, -0.05) is 24.3 Å². The Morgan fingerprint density at radius 2 is 1.71 bits per heavy atom. The Morgan fingerprint density at radius 1 is 1.10 bits per heavy atom. The molecule has 5 nitrogen and oxygen atoms in total. The van der Waals surface area contributed by atoms with E-state index in [2.05, 4.69) is 9.71 Å². The SMILES string of the molecule is COC(C)c1ccc(-c2ccc(NS(C)(=O)=O)nc2)cc1. The zero-order valence-corrected chi connectivity index (χ0v) is 13.0. The number of anilines is 1. The van der Waals surface area contributed by atoms with Gasteiger partial charge < -0.3 is 4.74 Å². The van der Waals surface area contributed by atoms with Crippen LogP contribution in [0.2, 0.25) is 0 Å². The van der Waals surface area contributed by atoms with Crippen LogP contribution in [-0.4, -0.2) is 26.8 Å². The van der Waals surface area contributed by atoms with Crippen LogP contribution in [0.25, 0.3) is 11.1 Å². The van der Waals surface area contributed by atoms with E-state index in [0.717, 1.165) is 22.9 Å². The van der Waals surface area contributed by atoms with Crippen LogP contribution in [0.5, 0.6) is 0 Å². The van der Waals surface area contributed by atoms with Gasteiger partial charge in [0.25, 0.3) is 0 Å². The normalized spacial score (nSPS) is 12.9. The average molecular weight is 306 g/mol. The van der Waals surface area contributed by atoms with Crippen molar-refractivity contribution in [2.24, 2.45) is 0 Å². The molecule has 2 rings (SSSR count). The number of rotatable bonds is 5. The van der Waals surface area contributed by atoms with Gasteiger partial charge in [-0.05, 0) is 30.2 Å². The molecule has 0 aliphatic carbocycles. The van der Waals surface area contributed by atoms with Crippen LogP contribution < -0.4 is 4.72 Å². The highest BCUT2D eigenvalue weighted by molar-refractivity contribution is 7.92.